The third kappa shape index (κ3) is 5.41. The predicted octanol–water partition coefficient (Wildman–Crippen LogP) is 4.11. The van der Waals surface area contributed by atoms with Crippen molar-refractivity contribution in [1.82, 2.24) is 0 Å². The molecule has 1 aliphatic carbocycles. The molecule has 0 atom stereocenters. The summed E-state index contributed by atoms with van der Waals surface area (Å²) >= 11 is 0. The first kappa shape index (κ1) is 21.0. The van der Waals surface area contributed by atoms with Gasteiger partial charge < -0.3 is 15.2 Å². The number of anilines is 2. The van der Waals surface area contributed by atoms with Crippen LogP contribution in [0.25, 0.3) is 0 Å². The normalized spacial score (nSPS) is 14.5. The Morgan fingerprint density at radius 1 is 1.14 bits per heavy atom. The van der Waals surface area contributed by atoms with E-state index in [4.69, 9.17) is 4.74 Å². The molecule has 29 heavy (non-hydrogen) atoms. The van der Waals surface area contributed by atoms with Gasteiger partial charge in [0.1, 0.15) is 11.5 Å². The van der Waals surface area contributed by atoms with Gasteiger partial charge in [-0.05, 0) is 42.7 Å². The zero-order valence-electron chi connectivity index (χ0n) is 16.3. The van der Waals surface area contributed by atoms with Crippen LogP contribution >= 0.6 is 0 Å². The fraction of sp³-hybridized carbons (Fsp3) is 0.381. The van der Waals surface area contributed by atoms with Crippen LogP contribution in [-0.2, 0) is 14.8 Å². The van der Waals surface area contributed by atoms with E-state index in [-0.39, 0.29) is 22.2 Å². The number of aromatic hydroxyl groups is 1. The van der Waals surface area contributed by atoms with Crippen molar-refractivity contribution in [2.24, 2.45) is 5.92 Å². The number of carbonyl (C=O) groups excluding carboxylic acids is 1. The van der Waals surface area contributed by atoms with E-state index in [0.717, 1.165) is 19.3 Å². The highest BCUT2D eigenvalue weighted by Crippen LogP contribution is 2.31. The van der Waals surface area contributed by atoms with Crippen molar-refractivity contribution >= 4 is 27.3 Å². The Balaban J connectivity index is 1.72. The quantitative estimate of drug-likeness (QED) is 0.560. The Hall–Kier alpha value is -2.74. The number of nitrogens with one attached hydrogen (secondary N) is 2. The zero-order chi connectivity index (χ0) is 20.9. The molecule has 1 fully saturated rings. The molecular formula is C21H26N2O5S. The lowest BCUT2D eigenvalue weighted by Gasteiger charge is -2.14. The molecular weight excluding hydrogens is 392 g/mol. The first-order chi connectivity index (χ1) is 13.9. The number of phenolic OH excluding ortho intramolecular Hbond substituents is 1. The van der Waals surface area contributed by atoms with E-state index in [1.165, 1.54) is 38.2 Å². The summed E-state index contributed by atoms with van der Waals surface area (Å²) in [4.78, 5) is 12.2. The summed E-state index contributed by atoms with van der Waals surface area (Å²) in [5, 5.41) is 12.7. The molecule has 0 aliphatic heterocycles. The average molecular weight is 419 g/mol. The van der Waals surface area contributed by atoms with E-state index in [0.29, 0.717) is 23.8 Å². The molecule has 0 radical (unpaired) electrons. The van der Waals surface area contributed by atoms with Gasteiger partial charge in [0.05, 0.1) is 23.4 Å². The minimum atomic E-state index is -3.94. The van der Waals surface area contributed by atoms with Crippen LogP contribution in [0, 0.1) is 5.92 Å². The van der Waals surface area contributed by atoms with Crippen LogP contribution in [0.3, 0.4) is 0 Å². The van der Waals surface area contributed by atoms with Crippen molar-refractivity contribution < 1.29 is 23.1 Å². The van der Waals surface area contributed by atoms with E-state index in [2.05, 4.69) is 10.0 Å². The van der Waals surface area contributed by atoms with Crippen molar-refractivity contribution in [3.05, 3.63) is 42.5 Å². The first-order valence-electron chi connectivity index (χ1n) is 9.68. The summed E-state index contributed by atoms with van der Waals surface area (Å²) < 4.78 is 33.2. The van der Waals surface area contributed by atoms with Crippen LogP contribution in [0.2, 0.25) is 0 Å². The highest BCUT2D eigenvalue weighted by Gasteiger charge is 2.20. The monoisotopic (exact) mass is 418 g/mol. The number of sulfonamides is 1. The van der Waals surface area contributed by atoms with Crippen LogP contribution in [0.5, 0.6) is 11.5 Å². The Morgan fingerprint density at radius 2 is 1.86 bits per heavy atom. The van der Waals surface area contributed by atoms with Gasteiger partial charge in [0.15, 0.2) is 0 Å². The third-order valence-corrected chi connectivity index (χ3v) is 6.52. The molecule has 1 aliphatic rings. The first-order valence-corrected chi connectivity index (χ1v) is 11.2. The number of para-hydroxylation sites is 2. The zero-order valence-corrected chi connectivity index (χ0v) is 17.2. The van der Waals surface area contributed by atoms with Crippen molar-refractivity contribution in [2.75, 3.05) is 17.1 Å². The molecule has 156 valence electrons. The van der Waals surface area contributed by atoms with E-state index < -0.39 is 10.0 Å². The van der Waals surface area contributed by atoms with Gasteiger partial charge in [-0.25, -0.2) is 8.42 Å². The molecule has 7 nitrogen and oxygen atoms in total. The minimum absolute atomic E-state index is 0.0734. The lowest BCUT2D eigenvalue weighted by atomic mass is 10.0. The second kappa shape index (κ2) is 9.17. The van der Waals surface area contributed by atoms with Gasteiger partial charge in [-0.2, -0.15) is 0 Å². The summed E-state index contributed by atoms with van der Waals surface area (Å²) in [7, 11) is -2.49. The highest BCUT2D eigenvalue weighted by molar-refractivity contribution is 7.92. The van der Waals surface area contributed by atoms with Crippen molar-refractivity contribution in [2.45, 2.75) is 43.4 Å². The standard InChI is InChI=1S/C21H26N2O5S/c1-28-20-9-5-4-8-17(20)23-29(26,27)16-11-12-19(24)18(14-16)22-21(25)13-10-15-6-2-3-7-15/h4-5,8-9,11-12,14-15,23-24H,2-3,6-7,10,13H2,1H3,(H,22,25). The highest BCUT2D eigenvalue weighted by atomic mass is 32.2. The van der Waals surface area contributed by atoms with E-state index >= 15 is 0 Å². The molecule has 1 amide bonds. The van der Waals surface area contributed by atoms with Gasteiger partial charge >= 0.3 is 0 Å². The molecule has 3 rings (SSSR count). The van der Waals surface area contributed by atoms with Crippen LogP contribution in [0.15, 0.2) is 47.4 Å². The minimum Gasteiger partial charge on any atom is -0.506 e. The average Bonchev–Trinajstić information content (AvgIpc) is 3.22. The van der Waals surface area contributed by atoms with Crippen molar-refractivity contribution in [3.63, 3.8) is 0 Å². The second-order valence-corrected chi connectivity index (χ2v) is 8.90. The molecule has 8 heteroatoms. The molecule has 0 spiro atoms. The van der Waals surface area contributed by atoms with Crippen LogP contribution < -0.4 is 14.8 Å². The molecule has 0 heterocycles. The fourth-order valence-electron chi connectivity index (χ4n) is 3.56. The van der Waals surface area contributed by atoms with Crippen molar-refractivity contribution in [1.29, 1.82) is 0 Å². The number of carbonyl (C=O) groups is 1. The third-order valence-electron chi connectivity index (χ3n) is 5.16. The lowest BCUT2D eigenvalue weighted by molar-refractivity contribution is -0.116. The number of hydrogen-bond acceptors (Lipinski definition) is 5. The van der Waals surface area contributed by atoms with Gasteiger partial charge in [-0.3, -0.25) is 9.52 Å². The molecule has 1 saturated carbocycles. The van der Waals surface area contributed by atoms with E-state index in [9.17, 15) is 18.3 Å². The summed E-state index contributed by atoms with van der Waals surface area (Å²) in [5.74, 6) is 0.538. The Morgan fingerprint density at radius 3 is 2.59 bits per heavy atom. The Labute approximate surface area is 171 Å². The van der Waals surface area contributed by atoms with Crippen LogP contribution in [-0.4, -0.2) is 26.5 Å². The maximum atomic E-state index is 12.8. The molecule has 0 aromatic heterocycles. The Kier molecular flexibility index (Phi) is 6.64. The molecule has 0 bridgehead atoms. The van der Waals surface area contributed by atoms with Crippen molar-refractivity contribution in [3.8, 4) is 11.5 Å². The molecule has 2 aromatic rings. The summed E-state index contributed by atoms with van der Waals surface area (Å²) in [5.41, 5.74) is 0.370. The molecule has 0 saturated heterocycles. The summed E-state index contributed by atoms with van der Waals surface area (Å²) in [6.07, 6.45) is 5.89. The van der Waals surface area contributed by atoms with E-state index in [1.807, 2.05) is 0 Å². The number of rotatable bonds is 8. The number of phenols is 1. The topological polar surface area (TPSA) is 105 Å². The maximum Gasteiger partial charge on any atom is 0.262 e. The van der Waals surface area contributed by atoms with Gasteiger partial charge in [0.25, 0.3) is 10.0 Å². The number of ether oxygens (including phenoxy) is 1. The van der Waals surface area contributed by atoms with Crippen LogP contribution in [0.4, 0.5) is 11.4 Å². The largest absolute Gasteiger partial charge is 0.506 e. The lowest BCUT2D eigenvalue weighted by Crippen LogP contribution is -2.16. The van der Waals surface area contributed by atoms with Gasteiger partial charge in [0.2, 0.25) is 5.91 Å². The second-order valence-electron chi connectivity index (χ2n) is 7.22. The molecule has 2 aromatic carbocycles. The smallest absolute Gasteiger partial charge is 0.262 e. The van der Waals surface area contributed by atoms with Gasteiger partial charge in [0, 0.05) is 6.42 Å². The molecule has 3 N–H and O–H groups in total. The number of hydrogen-bond donors (Lipinski definition) is 3. The molecule has 0 unspecified atom stereocenters. The predicted molar refractivity (Wildman–Crippen MR) is 112 cm³/mol. The van der Waals surface area contributed by atoms with E-state index in [1.54, 1.807) is 24.3 Å². The number of benzene rings is 2. The number of methoxy groups -OCH3 is 1. The number of amides is 1. The SMILES string of the molecule is COc1ccccc1NS(=O)(=O)c1ccc(O)c(NC(=O)CCC2CCCC2)c1. The maximum absolute atomic E-state index is 12.8. The Bertz CT molecular complexity index is 969. The fourth-order valence-corrected chi connectivity index (χ4v) is 4.66. The van der Waals surface area contributed by atoms with Gasteiger partial charge in [-0.15, -0.1) is 0 Å². The summed E-state index contributed by atoms with van der Waals surface area (Å²) in [6.45, 7) is 0. The summed E-state index contributed by atoms with van der Waals surface area (Å²) in [6, 6.07) is 10.4. The van der Waals surface area contributed by atoms with Gasteiger partial charge in [-0.1, -0.05) is 37.8 Å². The van der Waals surface area contributed by atoms with Crippen LogP contribution in [0.1, 0.15) is 38.5 Å².